The van der Waals surface area contributed by atoms with Crippen LogP contribution >= 0.6 is 0 Å². The minimum atomic E-state index is -1.20. The van der Waals surface area contributed by atoms with Crippen LogP contribution in [0.25, 0.3) is 0 Å². The number of carbonyl (C=O) groups excluding carboxylic acids is 1. The minimum absolute atomic E-state index is 0.0460. The number of carbonyl (C=O) groups is 1. The fourth-order valence-electron chi connectivity index (χ4n) is 3.21. The first-order chi connectivity index (χ1) is 12.5. The molecule has 0 spiro atoms. The van der Waals surface area contributed by atoms with Gasteiger partial charge < -0.3 is 25.2 Å². The summed E-state index contributed by atoms with van der Waals surface area (Å²) < 4.78 is 25.6. The number of amides is 1. The summed E-state index contributed by atoms with van der Waals surface area (Å²) in [5, 5.41) is 9.83. The van der Waals surface area contributed by atoms with Gasteiger partial charge in [-0.05, 0) is 52.3 Å². The molecule has 1 saturated heterocycles. The van der Waals surface area contributed by atoms with Crippen LogP contribution in [0.4, 0.5) is 9.18 Å². The number of hydrogen-bond acceptors (Lipinski definition) is 5. The summed E-state index contributed by atoms with van der Waals surface area (Å²) in [7, 11) is 0. The fourth-order valence-corrected chi connectivity index (χ4v) is 3.21. The zero-order chi connectivity index (χ0) is 20.4. The van der Waals surface area contributed by atoms with Gasteiger partial charge in [0.05, 0.1) is 18.2 Å². The Bertz CT molecular complexity index is 674. The Morgan fingerprint density at radius 2 is 2.11 bits per heavy atom. The lowest BCUT2D eigenvalue weighted by molar-refractivity contribution is 0.0278. The Balaban J connectivity index is 2.29. The molecule has 1 amide bonds. The van der Waals surface area contributed by atoms with Crippen LogP contribution in [-0.4, -0.2) is 47.5 Å². The first kappa shape index (κ1) is 21.6. The molecule has 1 unspecified atom stereocenters. The van der Waals surface area contributed by atoms with Crippen molar-refractivity contribution in [3.63, 3.8) is 0 Å². The highest BCUT2D eigenvalue weighted by atomic mass is 19.1. The van der Waals surface area contributed by atoms with Crippen LogP contribution in [0.3, 0.4) is 0 Å². The van der Waals surface area contributed by atoms with Gasteiger partial charge in [0.1, 0.15) is 11.4 Å². The van der Waals surface area contributed by atoms with Crippen molar-refractivity contribution in [2.24, 2.45) is 11.7 Å². The van der Waals surface area contributed by atoms with Gasteiger partial charge in [0.2, 0.25) is 0 Å². The third-order valence-corrected chi connectivity index (χ3v) is 4.61. The van der Waals surface area contributed by atoms with E-state index in [-0.39, 0.29) is 31.4 Å². The summed E-state index contributed by atoms with van der Waals surface area (Å²) in [4.78, 5) is 13.9. The lowest BCUT2D eigenvalue weighted by Crippen LogP contribution is -2.47. The predicted molar refractivity (Wildman–Crippen MR) is 101 cm³/mol. The molecule has 0 aliphatic carbocycles. The molecular formula is C20H31FN2O4. The van der Waals surface area contributed by atoms with E-state index in [0.29, 0.717) is 6.61 Å². The highest BCUT2D eigenvalue weighted by Gasteiger charge is 2.48. The van der Waals surface area contributed by atoms with Crippen molar-refractivity contribution in [1.29, 1.82) is 0 Å². The van der Waals surface area contributed by atoms with E-state index in [2.05, 4.69) is 0 Å². The number of rotatable bonds is 5. The fraction of sp³-hybridized carbons (Fsp3) is 0.650. The lowest BCUT2D eigenvalue weighted by Gasteiger charge is -2.31. The molecule has 2 atom stereocenters. The van der Waals surface area contributed by atoms with Gasteiger partial charge in [-0.25, -0.2) is 9.18 Å². The molecule has 1 aliphatic rings. The highest BCUT2D eigenvalue weighted by Crippen LogP contribution is 2.37. The summed E-state index contributed by atoms with van der Waals surface area (Å²) in [6, 6.07) is 4.67. The molecule has 2 rings (SSSR count). The van der Waals surface area contributed by atoms with Gasteiger partial charge in [-0.1, -0.05) is 6.07 Å². The van der Waals surface area contributed by atoms with E-state index < -0.39 is 29.0 Å². The molecule has 1 aromatic rings. The van der Waals surface area contributed by atoms with Crippen molar-refractivity contribution < 1.29 is 23.8 Å². The first-order valence-corrected chi connectivity index (χ1v) is 9.24. The highest BCUT2D eigenvalue weighted by molar-refractivity contribution is 5.69. The molecule has 7 heteroatoms. The zero-order valence-electron chi connectivity index (χ0n) is 16.8. The van der Waals surface area contributed by atoms with Crippen molar-refractivity contribution in [1.82, 2.24) is 4.90 Å². The molecule has 1 aliphatic heterocycles. The molecule has 3 N–H and O–H groups in total. The maximum absolute atomic E-state index is 14.6. The number of nitrogens with zero attached hydrogens (tertiary/aromatic N) is 1. The van der Waals surface area contributed by atoms with Gasteiger partial charge in [0, 0.05) is 31.2 Å². The second-order valence-electron chi connectivity index (χ2n) is 8.45. The summed E-state index contributed by atoms with van der Waals surface area (Å²) in [6.45, 7) is 9.52. The number of nitrogens with two attached hydrogens (primary N) is 1. The van der Waals surface area contributed by atoms with Crippen molar-refractivity contribution in [2.45, 2.75) is 58.5 Å². The zero-order valence-corrected chi connectivity index (χ0v) is 16.8. The van der Waals surface area contributed by atoms with Crippen molar-refractivity contribution in [2.75, 3.05) is 19.7 Å². The van der Waals surface area contributed by atoms with E-state index in [9.17, 15) is 14.3 Å². The third-order valence-electron chi connectivity index (χ3n) is 4.61. The van der Waals surface area contributed by atoms with E-state index >= 15 is 0 Å². The molecule has 1 fully saturated rings. The van der Waals surface area contributed by atoms with Gasteiger partial charge in [0.15, 0.2) is 0 Å². The number of hydrogen-bond donors (Lipinski definition) is 2. The smallest absolute Gasteiger partial charge is 0.410 e. The number of likely N-dealkylation sites (tertiary alicyclic amines) is 1. The lowest BCUT2D eigenvalue weighted by atomic mass is 9.81. The summed E-state index contributed by atoms with van der Waals surface area (Å²) in [5.74, 6) is -0.962. The van der Waals surface area contributed by atoms with E-state index in [1.54, 1.807) is 32.9 Å². The van der Waals surface area contributed by atoms with Crippen LogP contribution in [0.2, 0.25) is 0 Å². The van der Waals surface area contributed by atoms with E-state index in [1.807, 2.05) is 13.8 Å². The molecule has 6 nitrogen and oxygen atoms in total. The average molecular weight is 382 g/mol. The molecule has 0 saturated carbocycles. The number of benzene rings is 1. The quantitative estimate of drug-likeness (QED) is 0.818. The molecule has 0 bridgehead atoms. The van der Waals surface area contributed by atoms with E-state index in [4.69, 9.17) is 15.2 Å². The monoisotopic (exact) mass is 382 g/mol. The van der Waals surface area contributed by atoms with E-state index in [0.717, 1.165) is 5.56 Å². The van der Waals surface area contributed by atoms with Crippen LogP contribution in [0.15, 0.2) is 18.2 Å². The molecular weight excluding hydrogens is 351 g/mol. The topological polar surface area (TPSA) is 85.0 Å². The van der Waals surface area contributed by atoms with Crippen LogP contribution in [-0.2, 0) is 21.6 Å². The van der Waals surface area contributed by atoms with Crippen LogP contribution in [0, 0.1) is 11.7 Å². The standard InChI is InChI=1S/C20H31FN2O4/c1-13(2)26-11-14-6-7-17(21)16(8-14)20(22)12-23(9-15(20)10-24)18(25)27-19(3,4)5/h6-8,13,15,24H,9-12,22H2,1-5H3/t15?,20-/m0/s1. The number of aliphatic hydroxyl groups is 1. The second kappa shape index (κ2) is 8.12. The van der Waals surface area contributed by atoms with Crippen LogP contribution in [0.1, 0.15) is 45.7 Å². The van der Waals surface area contributed by atoms with Gasteiger partial charge in [0.25, 0.3) is 0 Å². The SMILES string of the molecule is CC(C)OCc1ccc(F)c([C@]2(N)CN(C(=O)OC(C)(C)C)CC2CO)c1. The largest absolute Gasteiger partial charge is 0.444 e. The van der Waals surface area contributed by atoms with Gasteiger partial charge in [-0.2, -0.15) is 0 Å². The van der Waals surface area contributed by atoms with Crippen LogP contribution in [0.5, 0.6) is 0 Å². The molecule has 1 heterocycles. The van der Waals surface area contributed by atoms with Crippen LogP contribution < -0.4 is 5.73 Å². The Morgan fingerprint density at radius 1 is 1.44 bits per heavy atom. The first-order valence-electron chi connectivity index (χ1n) is 9.24. The second-order valence-corrected chi connectivity index (χ2v) is 8.45. The van der Waals surface area contributed by atoms with Crippen molar-refractivity contribution in [3.05, 3.63) is 35.1 Å². The maximum atomic E-state index is 14.6. The number of ether oxygens (including phenoxy) is 2. The van der Waals surface area contributed by atoms with E-state index in [1.165, 1.54) is 11.0 Å². The Kier molecular flexibility index (Phi) is 6.50. The molecule has 0 radical (unpaired) electrons. The maximum Gasteiger partial charge on any atom is 0.410 e. The predicted octanol–water partition coefficient (Wildman–Crippen LogP) is 2.76. The average Bonchev–Trinajstić information content (AvgIpc) is 2.90. The van der Waals surface area contributed by atoms with Crippen molar-refractivity contribution >= 4 is 6.09 Å². The Labute approximate surface area is 160 Å². The third kappa shape index (κ3) is 5.18. The number of halogens is 1. The molecule has 27 heavy (non-hydrogen) atoms. The van der Waals surface area contributed by atoms with Gasteiger partial charge in [-0.15, -0.1) is 0 Å². The molecule has 0 aromatic heterocycles. The van der Waals surface area contributed by atoms with Gasteiger partial charge in [-0.3, -0.25) is 0 Å². The number of aliphatic hydroxyl groups excluding tert-OH is 1. The normalized spacial score (nSPS) is 23.1. The summed E-state index contributed by atoms with van der Waals surface area (Å²) in [5.41, 5.74) is 5.77. The Morgan fingerprint density at radius 3 is 2.67 bits per heavy atom. The Hall–Kier alpha value is -1.70. The minimum Gasteiger partial charge on any atom is -0.444 e. The molecule has 152 valence electrons. The summed E-state index contributed by atoms with van der Waals surface area (Å²) >= 11 is 0. The summed E-state index contributed by atoms with van der Waals surface area (Å²) in [6.07, 6.45) is -0.474. The van der Waals surface area contributed by atoms with Crippen molar-refractivity contribution in [3.8, 4) is 0 Å². The molecule has 1 aromatic carbocycles. The van der Waals surface area contributed by atoms with Gasteiger partial charge >= 0.3 is 6.09 Å².